The lowest BCUT2D eigenvalue weighted by atomic mass is 10.1. The summed E-state index contributed by atoms with van der Waals surface area (Å²) in [6.07, 6.45) is 0.542. The quantitative estimate of drug-likeness (QED) is 0.574. The van der Waals surface area contributed by atoms with E-state index < -0.39 is 26.1 Å². The van der Waals surface area contributed by atoms with Crippen molar-refractivity contribution in [2.24, 2.45) is 0 Å². The predicted octanol–water partition coefficient (Wildman–Crippen LogP) is 4.71. The second kappa shape index (κ2) is 8.25. The zero-order valence-corrected chi connectivity index (χ0v) is 18.3. The number of nitrogens with one attached hydrogen (secondary N) is 1. The highest BCUT2D eigenvalue weighted by atomic mass is 28.4. The second-order valence-electron chi connectivity index (χ2n) is 9.10. The molecule has 0 radical (unpaired) electrons. The number of benzene rings is 1. The maximum Gasteiger partial charge on any atom is 0.408 e. The number of hydrogen-bond donors (Lipinski definition) is 1. The first-order valence-corrected chi connectivity index (χ1v) is 11.9. The summed E-state index contributed by atoms with van der Waals surface area (Å²) in [4.78, 5) is 23.1. The van der Waals surface area contributed by atoms with Gasteiger partial charge >= 0.3 is 6.09 Å². The standard InChI is InChI=1S/C20H33NO4Si/c1-19(2,3)24-18(23)21-16(14-22)13-15-9-11-17(12-10-15)25-26(7,8)20(4,5)6/h9-12,14,16H,13H2,1-8H3,(H,21,23)/t16-/m1/s1. The minimum atomic E-state index is -1.88. The van der Waals surface area contributed by atoms with Crippen molar-refractivity contribution in [2.75, 3.05) is 0 Å². The van der Waals surface area contributed by atoms with Crippen LogP contribution in [-0.4, -0.2) is 32.3 Å². The summed E-state index contributed by atoms with van der Waals surface area (Å²) in [7, 11) is -1.88. The third kappa shape index (κ3) is 7.20. The average molecular weight is 380 g/mol. The van der Waals surface area contributed by atoms with Gasteiger partial charge in [-0.3, -0.25) is 0 Å². The second-order valence-corrected chi connectivity index (χ2v) is 13.8. The number of carbonyl (C=O) groups excluding carboxylic acids is 2. The van der Waals surface area contributed by atoms with E-state index >= 15 is 0 Å². The Morgan fingerprint density at radius 2 is 1.65 bits per heavy atom. The SMILES string of the molecule is CC(C)(C)OC(=O)N[C@@H](C=O)Cc1ccc(O[Si](C)(C)C(C)(C)C)cc1. The van der Waals surface area contributed by atoms with Crippen LogP contribution in [0.15, 0.2) is 24.3 Å². The lowest BCUT2D eigenvalue weighted by Crippen LogP contribution is -2.43. The van der Waals surface area contributed by atoms with Crippen molar-refractivity contribution in [3.8, 4) is 5.75 Å². The highest BCUT2D eigenvalue weighted by Gasteiger charge is 2.38. The normalized spacial score (nSPS) is 13.7. The van der Waals surface area contributed by atoms with E-state index in [1.807, 2.05) is 24.3 Å². The minimum Gasteiger partial charge on any atom is -0.544 e. The van der Waals surface area contributed by atoms with E-state index in [4.69, 9.17) is 9.16 Å². The van der Waals surface area contributed by atoms with Crippen LogP contribution in [0.2, 0.25) is 18.1 Å². The fourth-order valence-corrected chi connectivity index (χ4v) is 3.02. The number of aldehydes is 1. The molecule has 26 heavy (non-hydrogen) atoms. The van der Waals surface area contributed by atoms with Gasteiger partial charge in [0.05, 0.1) is 6.04 Å². The predicted molar refractivity (Wildman–Crippen MR) is 107 cm³/mol. The van der Waals surface area contributed by atoms with Crippen LogP contribution in [0.25, 0.3) is 0 Å². The van der Waals surface area contributed by atoms with Crippen molar-refractivity contribution in [1.29, 1.82) is 0 Å². The summed E-state index contributed by atoms with van der Waals surface area (Å²) < 4.78 is 11.4. The van der Waals surface area contributed by atoms with Gasteiger partial charge in [0.15, 0.2) is 0 Å². The number of alkyl carbamates (subject to hydrolysis) is 1. The molecule has 1 rings (SSSR count). The van der Waals surface area contributed by atoms with E-state index in [2.05, 4.69) is 39.2 Å². The van der Waals surface area contributed by atoms with Gasteiger partial charge in [-0.15, -0.1) is 0 Å². The maximum absolute atomic E-state index is 11.8. The zero-order chi connectivity index (χ0) is 20.2. The van der Waals surface area contributed by atoms with Crippen LogP contribution in [0, 0.1) is 0 Å². The molecule has 0 saturated carbocycles. The fraction of sp³-hybridized carbons (Fsp3) is 0.600. The largest absolute Gasteiger partial charge is 0.544 e. The Balaban J connectivity index is 2.70. The molecule has 0 fully saturated rings. The van der Waals surface area contributed by atoms with Crippen LogP contribution in [0.4, 0.5) is 4.79 Å². The van der Waals surface area contributed by atoms with Gasteiger partial charge in [-0.05, 0) is 63.0 Å². The van der Waals surface area contributed by atoms with E-state index in [1.54, 1.807) is 20.8 Å². The first-order valence-electron chi connectivity index (χ1n) is 8.96. The van der Waals surface area contributed by atoms with E-state index in [-0.39, 0.29) is 5.04 Å². The summed E-state index contributed by atoms with van der Waals surface area (Å²) in [6, 6.07) is 7.07. The summed E-state index contributed by atoms with van der Waals surface area (Å²) in [6.45, 7) is 16.3. The Kier molecular flexibility index (Phi) is 7.05. The van der Waals surface area contributed by atoms with Crippen LogP contribution in [-0.2, 0) is 16.0 Å². The molecule has 0 spiro atoms. The van der Waals surface area contributed by atoms with Crippen LogP contribution in [0.1, 0.15) is 47.1 Å². The molecule has 0 aliphatic heterocycles. The van der Waals surface area contributed by atoms with Gasteiger partial charge < -0.3 is 19.3 Å². The van der Waals surface area contributed by atoms with E-state index in [0.717, 1.165) is 17.6 Å². The molecular weight excluding hydrogens is 346 g/mol. The Labute approximate surface area is 158 Å². The Hall–Kier alpha value is -1.82. The smallest absolute Gasteiger partial charge is 0.408 e. The van der Waals surface area contributed by atoms with Crippen molar-refractivity contribution in [1.82, 2.24) is 5.32 Å². The molecule has 0 unspecified atom stereocenters. The van der Waals surface area contributed by atoms with Crippen molar-refractivity contribution in [2.45, 2.75) is 77.7 Å². The van der Waals surface area contributed by atoms with Gasteiger partial charge in [-0.2, -0.15) is 0 Å². The Morgan fingerprint density at radius 3 is 2.08 bits per heavy atom. The van der Waals surface area contributed by atoms with Crippen molar-refractivity contribution in [3.63, 3.8) is 0 Å². The highest BCUT2D eigenvalue weighted by molar-refractivity contribution is 6.74. The molecule has 0 aliphatic carbocycles. The fourth-order valence-electron chi connectivity index (χ4n) is 1.99. The van der Waals surface area contributed by atoms with Crippen LogP contribution < -0.4 is 9.74 Å². The van der Waals surface area contributed by atoms with Gasteiger partial charge in [0.2, 0.25) is 8.32 Å². The molecule has 1 amide bonds. The first-order chi connectivity index (χ1) is 11.7. The highest BCUT2D eigenvalue weighted by Crippen LogP contribution is 2.37. The van der Waals surface area contributed by atoms with Crippen LogP contribution in [0.3, 0.4) is 0 Å². The topological polar surface area (TPSA) is 64.6 Å². The molecule has 0 heterocycles. The molecule has 1 atom stereocenters. The molecule has 0 aromatic heterocycles. The molecule has 1 aromatic carbocycles. The first kappa shape index (κ1) is 22.2. The third-order valence-electron chi connectivity index (χ3n) is 4.42. The van der Waals surface area contributed by atoms with Crippen LogP contribution in [0.5, 0.6) is 5.75 Å². The molecule has 6 heteroatoms. The number of rotatable bonds is 6. The number of hydrogen-bond acceptors (Lipinski definition) is 4. The van der Waals surface area contributed by atoms with Crippen LogP contribution >= 0.6 is 0 Å². The number of carbonyl (C=O) groups is 2. The summed E-state index contributed by atoms with van der Waals surface area (Å²) in [5.41, 5.74) is 0.348. The van der Waals surface area contributed by atoms with Gasteiger partial charge in [0, 0.05) is 0 Å². The lowest BCUT2D eigenvalue weighted by Gasteiger charge is -2.36. The average Bonchev–Trinajstić information content (AvgIpc) is 2.45. The molecular formula is C20H33NO4Si. The number of amides is 1. The summed E-state index contributed by atoms with van der Waals surface area (Å²) in [5.74, 6) is 0.836. The van der Waals surface area contributed by atoms with Crippen molar-refractivity contribution >= 4 is 20.7 Å². The molecule has 146 valence electrons. The molecule has 0 saturated heterocycles. The van der Waals surface area contributed by atoms with E-state index in [9.17, 15) is 9.59 Å². The molecule has 1 N–H and O–H groups in total. The molecule has 0 bridgehead atoms. The minimum absolute atomic E-state index is 0.131. The summed E-state index contributed by atoms with van der Waals surface area (Å²) in [5, 5.41) is 2.72. The maximum atomic E-state index is 11.8. The third-order valence-corrected chi connectivity index (χ3v) is 8.78. The van der Waals surface area contributed by atoms with Gasteiger partial charge in [0.1, 0.15) is 17.6 Å². The summed E-state index contributed by atoms with van der Waals surface area (Å²) >= 11 is 0. The van der Waals surface area contributed by atoms with Gasteiger partial charge in [0.25, 0.3) is 0 Å². The van der Waals surface area contributed by atoms with Crippen molar-refractivity contribution < 1.29 is 18.8 Å². The van der Waals surface area contributed by atoms with Gasteiger partial charge in [-0.25, -0.2) is 4.79 Å². The molecule has 0 aliphatic rings. The Bertz CT molecular complexity index is 612. The molecule has 1 aromatic rings. The monoisotopic (exact) mass is 379 g/mol. The Morgan fingerprint density at radius 1 is 1.12 bits per heavy atom. The van der Waals surface area contributed by atoms with E-state index in [0.29, 0.717) is 6.42 Å². The van der Waals surface area contributed by atoms with E-state index in [1.165, 1.54) is 0 Å². The molecule has 5 nitrogen and oxygen atoms in total. The van der Waals surface area contributed by atoms with Crippen molar-refractivity contribution in [3.05, 3.63) is 29.8 Å². The number of ether oxygens (including phenoxy) is 1. The zero-order valence-electron chi connectivity index (χ0n) is 17.3. The van der Waals surface area contributed by atoms with Gasteiger partial charge in [-0.1, -0.05) is 32.9 Å². The lowest BCUT2D eigenvalue weighted by molar-refractivity contribution is -0.109.